The molecule has 0 aliphatic carbocycles. The van der Waals surface area contributed by atoms with Crippen LogP contribution in [-0.2, 0) is 4.79 Å². The van der Waals surface area contributed by atoms with Crippen LogP contribution in [0.2, 0.25) is 0 Å². The van der Waals surface area contributed by atoms with E-state index in [1.807, 2.05) is 55.5 Å². The van der Waals surface area contributed by atoms with Gasteiger partial charge in [0.15, 0.2) is 5.82 Å². The standard InChI is InChI=1S/C22H23BrN4O2/c1-2-29-22-20(25-18-7-3-4-8-19(18)26-22)27-13-5-6-15(14-27)21(28)24-17-11-9-16(23)10-12-17/h3-4,7-12,15H,2,5-6,13-14H2,1H3,(H,24,28)/t15-/m1/s1. The molecule has 3 aromatic rings. The third kappa shape index (κ3) is 4.50. The van der Waals surface area contributed by atoms with Crippen molar-refractivity contribution in [2.75, 3.05) is 29.9 Å². The number of amides is 1. The van der Waals surface area contributed by atoms with Gasteiger partial charge in [0.05, 0.1) is 23.6 Å². The van der Waals surface area contributed by atoms with Gasteiger partial charge in [-0.2, -0.15) is 0 Å². The molecule has 150 valence electrons. The fourth-order valence-electron chi connectivity index (χ4n) is 3.58. The minimum absolute atomic E-state index is 0.0312. The van der Waals surface area contributed by atoms with E-state index in [4.69, 9.17) is 9.72 Å². The largest absolute Gasteiger partial charge is 0.475 e. The van der Waals surface area contributed by atoms with Gasteiger partial charge in [0.2, 0.25) is 5.91 Å². The molecule has 0 spiro atoms. The van der Waals surface area contributed by atoms with Crippen molar-refractivity contribution in [2.24, 2.45) is 5.92 Å². The first-order valence-electron chi connectivity index (χ1n) is 9.85. The molecule has 1 aliphatic heterocycles. The SMILES string of the molecule is CCOc1nc2ccccc2nc1N1CCC[C@@H](C(=O)Nc2ccc(Br)cc2)C1. The highest BCUT2D eigenvalue weighted by molar-refractivity contribution is 9.10. The molecule has 2 heterocycles. The summed E-state index contributed by atoms with van der Waals surface area (Å²) in [6.45, 7) is 3.87. The number of aromatic nitrogens is 2. The molecule has 6 nitrogen and oxygen atoms in total. The minimum atomic E-state index is -0.116. The number of benzene rings is 2. The van der Waals surface area contributed by atoms with Crippen LogP contribution in [0, 0.1) is 5.92 Å². The van der Waals surface area contributed by atoms with E-state index in [1.165, 1.54) is 0 Å². The first-order valence-corrected chi connectivity index (χ1v) is 10.6. The van der Waals surface area contributed by atoms with Crippen molar-refractivity contribution >= 4 is 44.4 Å². The van der Waals surface area contributed by atoms with E-state index in [2.05, 4.69) is 31.1 Å². The second kappa shape index (κ2) is 8.78. The normalized spacial score (nSPS) is 16.6. The lowest BCUT2D eigenvalue weighted by Crippen LogP contribution is -2.41. The molecule has 1 aromatic heterocycles. The van der Waals surface area contributed by atoms with E-state index in [-0.39, 0.29) is 11.8 Å². The van der Waals surface area contributed by atoms with Crippen LogP contribution >= 0.6 is 15.9 Å². The van der Waals surface area contributed by atoms with Gasteiger partial charge in [0.25, 0.3) is 5.88 Å². The average Bonchev–Trinajstić information content (AvgIpc) is 2.75. The molecule has 1 amide bonds. The van der Waals surface area contributed by atoms with Crippen LogP contribution in [0.3, 0.4) is 0 Å². The summed E-state index contributed by atoms with van der Waals surface area (Å²) in [6.07, 6.45) is 1.77. The molecule has 0 unspecified atom stereocenters. The smallest absolute Gasteiger partial charge is 0.258 e. The van der Waals surface area contributed by atoms with Crippen LogP contribution in [-0.4, -0.2) is 35.6 Å². The minimum Gasteiger partial charge on any atom is -0.475 e. The highest BCUT2D eigenvalue weighted by atomic mass is 79.9. The van der Waals surface area contributed by atoms with Crippen LogP contribution in [0.5, 0.6) is 5.88 Å². The Kier molecular flexibility index (Phi) is 5.94. The number of halogens is 1. The molecule has 0 radical (unpaired) electrons. The molecule has 0 bridgehead atoms. The van der Waals surface area contributed by atoms with Crippen LogP contribution in [0.15, 0.2) is 53.0 Å². The first kappa shape index (κ1) is 19.6. The number of carbonyl (C=O) groups is 1. The second-order valence-corrected chi connectivity index (χ2v) is 7.97. The van der Waals surface area contributed by atoms with Gasteiger partial charge < -0.3 is 15.0 Å². The number of fused-ring (bicyclic) bond motifs is 1. The zero-order valence-corrected chi connectivity index (χ0v) is 17.9. The predicted molar refractivity (Wildman–Crippen MR) is 118 cm³/mol. The summed E-state index contributed by atoms with van der Waals surface area (Å²) in [5.74, 6) is 1.16. The Morgan fingerprint density at radius 3 is 2.62 bits per heavy atom. The van der Waals surface area contributed by atoms with Gasteiger partial charge in [-0.3, -0.25) is 4.79 Å². The summed E-state index contributed by atoms with van der Waals surface area (Å²) in [7, 11) is 0. The van der Waals surface area contributed by atoms with Crippen molar-refractivity contribution < 1.29 is 9.53 Å². The van der Waals surface area contributed by atoms with Crippen molar-refractivity contribution in [3.05, 3.63) is 53.0 Å². The van der Waals surface area contributed by atoms with Crippen LogP contribution < -0.4 is 15.0 Å². The summed E-state index contributed by atoms with van der Waals surface area (Å²) >= 11 is 3.41. The zero-order chi connectivity index (χ0) is 20.2. The number of piperidine rings is 1. The van der Waals surface area contributed by atoms with Crippen molar-refractivity contribution in [3.8, 4) is 5.88 Å². The summed E-state index contributed by atoms with van der Waals surface area (Å²) in [5, 5.41) is 3.03. The van der Waals surface area contributed by atoms with E-state index in [0.29, 0.717) is 24.8 Å². The molecule has 1 saturated heterocycles. The Balaban J connectivity index is 1.55. The molecule has 29 heavy (non-hydrogen) atoms. The Hall–Kier alpha value is -2.67. The fourth-order valence-corrected chi connectivity index (χ4v) is 3.84. The molecule has 4 rings (SSSR count). The molecule has 0 saturated carbocycles. The number of nitrogens with zero attached hydrogens (tertiary/aromatic N) is 3. The van der Waals surface area contributed by atoms with Gasteiger partial charge in [0.1, 0.15) is 0 Å². The zero-order valence-electron chi connectivity index (χ0n) is 16.3. The third-order valence-corrected chi connectivity index (χ3v) is 5.53. The number of nitrogens with one attached hydrogen (secondary N) is 1. The molecule has 1 N–H and O–H groups in total. The molecular formula is C22H23BrN4O2. The average molecular weight is 455 g/mol. The Labute approximate surface area is 178 Å². The topological polar surface area (TPSA) is 67.4 Å². The van der Waals surface area contributed by atoms with Crippen molar-refractivity contribution in [3.63, 3.8) is 0 Å². The van der Waals surface area contributed by atoms with Crippen LogP contribution in [0.25, 0.3) is 11.0 Å². The number of hydrogen-bond donors (Lipinski definition) is 1. The Morgan fingerprint density at radius 1 is 1.17 bits per heavy atom. The molecule has 2 aromatic carbocycles. The molecular weight excluding hydrogens is 432 g/mol. The van der Waals surface area contributed by atoms with Gasteiger partial charge in [-0.25, -0.2) is 9.97 Å². The van der Waals surface area contributed by atoms with Crippen molar-refractivity contribution in [1.29, 1.82) is 0 Å². The van der Waals surface area contributed by atoms with E-state index in [0.717, 1.165) is 40.6 Å². The third-order valence-electron chi connectivity index (χ3n) is 5.01. The first-order chi connectivity index (χ1) is 14.1. The summed E-state index contributed by atoms with van der Waals surface area (Å²) in [4.78, 5) is 24.4. The van der Waals surface area contributed by atoms with E-state index >= 15 is 0 Å². The highest BCUT2D eigenvalue weighted by Crippen LogP contribution is 2.31. The maximum Gasteiger partial charge on any atom is 0.258 e. The van der Waals surface area contributed by atoms with Crippen molar-refractivity contribution in [1.82, 2.24) is 9.97 Å². The van der Waals surface area contributed by atoms with Gasteiger partial charge in [-0.15, -0.1) is 0 Å². The monoisotopic (exact) mass is 454 g/mol. The Morgan fingerprint density at radius 2 is 1.90 bits per heavy atom. The summed E-state index contributed by atoms with van der Waals surface area (Å²) in [6, 6.07) is 15.4. The number of rotatable bonds is 5. The highest BCUT2D eigenvalue weighted by Gasteiger charge is 2.29. The van der Waals surface area contributed by atoms with Gasteiger partial charge in [-0.05, 0) is 56.2 Å². The lowest BCUT2D eigenvalue weighted by atomic mass is 9.97. The van der Waals surface area contributed by atoms with Gasteiger partial charge in [-0.1, -0.05) is 28.1 Å². The number of hydrogen-bond acceptors (Lipinski definition) is 5. The Bertz CT molecular complexity index is 1010. The lowest BCUT2D eigenvalue weighted by molar-refractivity contribution is -0.120. The number of anilines is 2. The van der Waals surface area contributed by atoms with E-state index in [1.54, 1.807) is 0 Å². The van der Waals surface area contributed by atoms with E-state index in [9.17, 15) is 4.79 Å². The van der Waals surface area contributed by atoms with E-state index < -0.39 is 0 Å². The molecule has 1 atom stereocenters. The molecule has 7 heteroatoms. The number of para-hydroxylation sites is 2. The molecule has 1 fully saturated rings. The van der Waals surface area contributed by atoms with Crippen LogP contribution in [0.1, 0.15) is 19.8 Å². The quantitative estimate of drug-likeness (QED) is 0.607. The van der Waals surface area contributed by atoms with Gasteiger partial charge >= 0.3 is 0 Å². The number of carbonyl (C=O) groups excluding carboxylic acids is 1. The second-order valence-electron chi connectivity index (χ2n) is 7.06. The maximum absolute atomic E-state index is 12.8. The fraction of sp³-hybridized carbons (Fsp3) is 0.318. The maximum atomic E-state index is 12.8. The predicted octanol–water partition coefficient (Wildman–Crippen LogP) is 4.65. The molecule has 1 aliphatic rings. The summed E-state index contributed by atoms with van der Waals surface area (Å²) in [5.41, 5.74) is 2.43. The lowest BCUT2D eigenvalue weighted by Gasteiger charge is -2.33. The van der Waals surface area contributed by atoms with Crippen molar-refractivity contribution in [2.45, 2.75) is 19.8 Å². The van der Waals surface area contributed by atoms with Crippen LogP contribution in [0.4, 0.5) is 11.5 Å². The van der Waals surface area contributed by atoms with Gasteiger partial charge in [0, 0.05) is 23.2 Å². The number of ether oxygens (including phenoxy) is 1. The summed E-state index contributed by atoms with van der Waals surface area (Å²) < 4.78 is 6.76.